The molecule has 2 amide bonds. The van der Waals surface area contributed by atoms with Crippen LogP contribution in [0.2, 0.25) is 0 Å². The number of urea groups is 1. The molecular formula is C10H8N2O3. The molecule has 0 atom stereocenters. The summed E-state index contributed by atoms with van der Waals surface area (Å²) in [4.78, 5) is 21.7. The van der Waals surface area contributed by atoms with Crippen LogP contribution in [-0.2, 0) is 0 Å². The predicted octanol–water partition coefficient (Wildman–Crippen LogP) is 1.28. The van der Waals surface area contributed by atoms with Crippen molar-refractivity contribution in [3.63, 3.8) is 0 Å². The molecule has 15 heavy (non-hydrogen) atoms. The van der Waals surface area contributed by atoms with Gasteiger partial charge in [-0.05, 0) is 12.1 Å². The van der Waals surface area contributed by atoms with Crippen molar-refractivity contribution in [1.29, 1.82) is 0 Å². The van der Waals surface area contributed by atoms with E-state index in [1.807, 2.05) is 0 Å². The molecule has 0 fully saturated rings. The van der Waals surface area contributed by atoms with Gasteiger partial charge in [0.25, 0.3) is 0 Å². The Balaban J connectivity index is 2.68. The van der Waals surface area contributed by atoms with Crippen molar-refractivity contribution >= 4 is 22.7 Å². The summed E-state index contributed by atoms with van der Waals surface area (Å²) < 4.78 is 4.97. The second kappa shape index (κ2) is 3.45. The van der Waals surface area contributed by atoms with Gasteiger partial charge in [0.1, 0.15) is 0 Å². The van der Waals surface area contributed by atoms with E-state index in [1.165, 1.54) is 6.07 Å². The van der Waals surface area contributed by atoms with Crippen LogP contribution in [0.5, 0.6) is 0 Å². The number of rotatable bonds is 1. The second-order valence-electron chi connectivity index (χ2n) is 2.97. The first-order chi connectivity index (χ1) is 7.16. The zero-order valence-electron chi connectivity index (χ0n) is 7.69. The normalized spacial score (nSPS) is 10.1. The van der Waals surface area contributed by atoms with E-state index in [1.54, 1.807) is 24.3 Å². The topological polar surface area (TPSA) is 85.3 Å². The minimum atomic E-state index is -0.700. The fraction of sp³-hybridized carbons (Fsp3) is 0. The van der Waals surface area contributed by atoms with E-state index < -0.39 is 11.7 Å². The Labute approximate surface area is 84.5 Å². The lowest BCUT2D eigenvalue weighted by Crippen LogP contribution is -2.19. The molecule has 1 aromatic heterocycles. The highest BCUT2D eigenvalue weighted by Crippen LogP contribution is 2.21. The molecular weight excluding hydrogens is 196 g/mol. The van der Waals surface area contributed by atoms with Gasteiger partial charge in [-0.15, -0.1) is 0 Å². The number of nitrogens with two attached hydrogens (primary N) is 1. The van der Waals surface area contributed by atoms with Crippen molar-refractivity contribution in [1.82, 2.24) is 0 Å². The number of carbonyl (C=O) groups is 1. The SMILES string of the molecule is NC(=O)Nc1cccc2ccc(=O)oc12. The third kappa shape index (κ3) is 1.80. The Morgan fingerprint density at radius 2 is 2.07 bits per heavy atom. The fourth-order valence-corrected chi connectivity index (χ4v) is 1.32. The predicted molar refractivity (Wildman–Crippen MR) is 55.7 cm³/mol. The van der Waals surface area contributed by atoms with E-state index >= 15 is 0 Å². The number of benzene rings is 1. The van der Waals surface area contributed by atoms with E-state index in [0.717, 1.165) is 5.39 Å². The summed E-state index contributed by atoms with van der Waals surface area (Å²) in [5, 5.41) is 3.10. The lowest BCUT2D eigenvalue weighted by atomic mass is 10.2. The second-order valence-corrected chi connectivity index (χ2v) is 2.97. The van der Waals surface area contributed by atoms with E-state index in [2.05, 4.69) is 5.32 Å². The molecule has 3 N–H and O–H groups in total. The Bertz CT molecular complexity index is 574. The standard InChI is InChI=1S/C10H8N2O3/c11-10(14)12-7-3-1-2-6-4-5-8(13)15-9(6)7/h1-5H,(H3,11,12,14). The van der Waals surface area contributed by atoms with Crippen molar-refractivity contribution in [3.8, 4) is 0 Å². The summed E-state index contributed by atoms with van der Waals surface area (Å²) in [7, 11) is 0. The zero-order valence-corrected chi connectivity index (χ0v) is 7.69. The van der Waals surface area contributed by atoms with Crippen LogP contribution in [0, 0.1) is 0 Å². The summed E-state index contributed by atoms with van der Waals surface area (Å²) in [6, 6.07) is 7.34. The average molecular weight is 204 g/mol. The minimum absolute atomic E-state index is 0.323. The van der Waals surface area contributed by atoms with Crippen LogP contribution in [0.1, 0.15) is 0 Å². The third-order valence-electron chi connectivity index (χ3n) is 1.90. The van der Waals surface area contributed by atoms with Crippen LogP contribution < -0.4 is 16.7 Å². The maximum absolute atomic E-state index is 11.0. The number of nitrogens with one attached hydrogen (secondary N) is 1. The molecule has 2 aromatic rings. The van der Waals surface area contributed by atoms with Gasteiger partial charge < -0.3 is 15.5 Å². The molecule has 2 rings (SSSR count). The van der Waals surface area contributed by atoms with E-state index in [0.29, 0.717) is 11.3 Å². The average Bonchev–Trinajstić information content (AvgIpc) is 2.18. The Morgan fingerprint density at radius 3 is 2.80 bits per heavy atom. The number of hydrogen-bond donors (Lipinski definition) is 2. The molecule has 1 heterocycles. The number of primary amides is 1. The van der Waals surface area contributed by atoms with Crippen LogP contribution in [0.3, 0.4) is 0 Å². The molecule has 0 bridgehead atoms. The van der Waals surface area contributed by atoms with Crippen LogP contribution in [0.4, 0.5) is 10.5 Å². The van der Waals surface area contributed by atoms with Crippen LogP contribution in [0.25, 0.3) is 11.0 Å². The molecule has 76 valence electrons. The van der Waals surface area contributed by atoms with Gasteiger partial charge in [-0.1, -0.05) is 12.1 Å². The van der Waals surface area contributed by atoms with Crippen molar-refractivity contribution in [2.24, 2.45) is 5.73 Å². The highest BCUT2D eigenvalue weighted by atomic mass is 16.4. The molecule has 0 radical (unpaired) electrons. The highest BCUT2D eigenvalue weighted by Gasteiger charge is 2.04. The number of amides is 2. The summed E-state index contributed by atoms with van der Waals surface area (Å²) in [5.74, 6) is 0. The molecule has 5 nitrogen and oxygen atoms in total. The van der Waals surface area contributed by atoms with Crippen LogP contribution >= 0.6 is 0 Å². The molecule has 5 heteroatoms. The molecule has 0 saturated carbocycles. The van der Waals surface area contributed by atoms with Gasteiger partial charge in [-0.3, -0.25) is 0 Å². The van der Waals surface area contributed by atoms with E-state index in [4.69, 9.17) is 10.2 Å². The lowest BCUT2D eigenvalue weighted by Gasteiger charge is -2.03. The van der Waals surface area contributed by atoms with Gasteiger partial charge in [0.05, 0.1) is 5.69 Å². The lowest BCUT2D eigenvalue weighted by molar-refractivity contribution is 0.259. The molecule has 0 unspecified atom stereocenters. The summed E-state index contributed by atoms with van der Waals surface area (Å²) in [5.41, 5.74) is 5.22. The number of anilines is 1. The van der Waals surface area contributed by atoms with Crippen LogP contribution in [-0.4, -0.2) is 6.03 Å². The van der Waals surface area contributed by atoms with Crippen molar-refractivity contribution in [2.75, 3.05) is 5.32 Å². The number of hydrogen-bond acceptors (Lipinski definition) is 3. The molecule has 0 saturated heterocycles. The molecule has 0 aliphatic carbocycles. The fourth-order valence-electron chi connectivity index (χ4n) is 1.32. The third-order valence-corrected chi connectivity index (χ3v) is 1.90. The van der Waals surface area contributed by atoms with E-state index in [-0.39, 0.29) is 0 Å². The maximum Gasteiger partial charge on any atom is 0.336 e. The van der Waals surface area contributed by atoms with Crippen molar-refractivity contribution < 1.29 is 9.21 Å². The van der Waals surface area contributed by atoms with Crippen molar-refractivity contribution in [3.05, 3.63) is 40.8 Å². The van der Waals surface area contributed by atoms with Gasteiger partial charge >= 0.3 is 11.7 Å². The maximum atomic E-state index is 11.0. The Hall–Kier alpha value is -2.30. The summed E-state index contributed by atoms with van der Waals surface area (Å²) in [6.45, 7) is 0. The van der Waals surface area contributed by atoms with Crippen LogP contribution in [0.15, 0.2) is 39.5 Å². The number of fused-ring (bicyclic) bond motifs is 1. The van der Waals surface area contributed by atoms with Gasteiger partial charge in [-0.25, -0.2) is 9.59 Å². The van der Waals surface area contributed by atoms with E-state index in [9.17, 15) is 9.59 Å². The van der Waals surface area contributed by atoms with Gasteiger partial charge in [0.15, 0.2) is 5.58 Å². The Kier molecular flexibility index (Phi) is 2.13. The summed E-state index contributed by atoms with van der Waals surface area (Å²) >= 11 is 0. The van der Waals surface area contributed by atoms with Gasteiger partial charge in [-0.2, -0.15) is 0 Å². The molecule has 0 spiro atoms. The highest BCUT2D eigenvalue weighted by molar-refractivity contribution is 5.97. The first-order valence-electron chi connectivity index (χ1n) is 4.26. The quantitative estimate of drug-likeness (QED) is 0.686. The minimum Gasteiger partial charge on any atom is -0.420 e. The molecule has 0 aliphatic rings. The summed E-state index contributed by atoms with van der Waals surface area (Å²) in [6.07, 6.45) is 0. The first kappa shape index (κ1) is 9.26. The van der Waals surface area contributed by atoms with Gasteiger partial charge in [0, 0.05) is 11.5 Å². The first-order valence-corrected chi connectivity index (χ1v) is 4.26. The monoisotopic (exact) mass is 204 g/mol. The number of carbonyl (C=O) groups excluding carboxylic acids is 1. The molecule has 0 aliphatic heterocycles. The van der Waals surface area contributed by atoms with Crippen molar-refractivity contribution in [2.45, 2.75) is 0 Å². The smallest absolute Gasteiger partial charge is 0.336 e. The van der Waals surface area contributed by atoms with Gasteiger partial charge in [0.2, 0.25) is 0 Å². The zero-order chi connectivity index (χ0) is 10.8. The molecule has 1 aromatic carbocycles. The Morgan fingerprint density at radius 1 is 1.27 bits per heavy atom. The largest absolute Gasteiger partial charge is 0.420 e. The number of para-hydroxylation sites is 1.